The van der Waals surface area contributed by atoms with Crippen molar-refractivity contribution >= 4 is 18.1 Å². The first-order chi connectivity index (χ1) is 7.99. The van der Waals surface area contributed by atoms with Crippen LogP contribution in [0.15, 0.2) is 35.4 Å². The maximum atomic E-state index is 13.0. The average Bonchev–Trinajstić information content (AvgIpc) is 2.51. The summed E-state index contributed by atoms with van der Waals surface area (Å²) >= 11 is 0. The minimum Gasteiger partial charge on any atom is -0.381 e. The fraction of sp³-hybridized carbons (Fsp3) is 0.467. The number of hydrogen-bond acceptors (Lipinski definition) is 1. The molecule has 1 aliphatic rings. The molecule has 3 heteroatoms. The molecule has 0 saturated heterocycles. The summed E-state index contributed by atoms with van der Waals surface area (Å²) in [6.45, 7) is 7.60. The molecule has 18 heavy (non-hydrogen) atoms. The fourth-order valence-electron chi connectivity index (χ4n) is 2.56. The Bertz CT molecular complexity index is 452. The molecule has 0 spiro atoms. The molecule has 1 N–H and O–H groups in total. The monoisotopic (exact) mass is 269 g/mol. The maximum absolute atomic E-state index is 13.0. The van der Waals surface area contributed by atoms with Crippen molar-refractivity contribution in [1.82, 2.24) is 0 Å². The summed E-state index contributed by atoms with van der Waals surface area (Å²) < 4.78 is 13.0. The predicted molar refractivity (Wildman–Crippen MR) is 77.9 cm³/mol. The van der Waals surface area contributed by atoms with Gasteiger partial charge in [0.2, 0.25) is 0 Å². The second-order valence-electron chi connectivity index (χ2n) is 5.51. The van der Waals surface area contributed by atoms with E-state index in [2.05, 4.69) is 26.1 Å². The Morgan fingerprint density at radius 2 is 2.06 bits per heavy atom. The van der Waals surface area contributed by atoms with Crippen molar-refractivity contribution in [2.24, 2.45) is 5.41 Å². The van der Waals surface area contributed by atoms with E-state index in [-0.39, 0.29) is 23.6 Å². The van der Waals surface area contributed by atoms with Gasteiger partial charge in [0.15, 0.2) is 0 Å². The predicted octanol–water partition coefficient (Wildman–Crippen LogP) is 4.80. The molecule has 0 radical (unpaired) electrons. The maximum Gasteiger partial charge on any atom is 0.125 e. The lowest BCUT2D eigenvalue weighted by molar-refractivity contribution is 0.439. The summed E-state index contributed by atoms with van der Waals surface area (Å²) in [4.78, 5) is 0. The zero-order chi connectivity index (χ0) is 12.5. The molecule has 0 unspecified atom stereocenters. The third kappa shape index (κ3) is 3.26. The largest absolute Gasteiger partial charge is 0.381 e. The minimum atomic E-state index is -0.189. The molecule has 0 heterocycles. The molecule has 2 rings (SSSR count). The first-order valence-corrected chi connectivity index (χ1v) is 6.17. The van der Waals surface area contributed by atoms with Crippen LogP contribution in [0.5, 0.6) is 0 Å². The average molecular weight is 270 g/mol. The fourth-order valence-corrected chi connectivity index (χ4v) is 2.56. The highest BCUT2D eigenvalue weighted by Gasteiger charge is 2.29. The molecular formula is C15H21ClFN. The normalized spacial score (nSPS) is 17.6. The van der Waals surface area contributed by atoms with Crippen LogP contribution in [0, 0.1) is 11.2 Å². The molecule has 0 bridgehead atoms. The van der Waals surface area contributed by atoms with E-state index >= 15 is 0 Å². The third-order valence-corrected chi connectivity index (χ3v) is 3.75. The molecule has 100 valence electrons. The molecule has 1 aromatic rings. The summed E-state index contributed by atoms with van der Waals surface area (Å²) in [7, 11) is 0. The lowest BCUT2D eigenvalue weighted by Crippen LogP contribution is -2.17. The highest BCUT2D eigenvalue weighted by molar-refractivity contribution is 5.85. The molecule has 1 aromatic carbocycles. The van der Waals surface area contributed by atoms with E-state index in [0.29, 0.717) is 0 Å². The lowest BCUT2D eigenvalue weighted by atomic mass is 9.85. The van der Waals surface area contributed by atoms with Crippen LogP contribution in [0.4, 0.5) is 10.1 Å². The second-order valence-corrected chi connectivity index (χ2v) is 5.51. The topological polar surface area (TPSA) is 12.0 Å². The van der Waals surface area contributed by atoms with Gasteiger partial charge in [-0.2, -0.15) is 0 Å². The van der Waals surface area contributed by atoms with Crippen molar-refractivity contribution in [3.8, 4) is 0 Å². The Morgan fingerprint density at radius 3 is 2.61 bits per heavy atom. The zero-order valence-corrected chi connectivity index (χ0v) is 12.0. The van der Waals surface area contributed by atoms with Crippen LogP contribution in [0.1, 0.15) is 33.6 Å². The van der Waals surface area contributed by atoms with Crippen LogP contribution in [-0.4, -0.2) is 6.54 Å². The van der Waals surface area contributed by atoms with E-state index in [1.54, 1.807) is 6.07 Å². The molecular weight excluding hydrogens is 249 g/mol. The van der Waals surface area contributed by atoms with Gasteiger partial charge in [-0.25, -0.2) is 4.39 Å². The SMILES string of the molecule is CC1=C(CNc2cccc(F)c2)C(C)(C)CC1.Cl. The molecule has 1 nitrogen and oxygen atoms in total. The summed E-state index contributed by atoms with van der Waals surface area (Å²) in [5.74, 6) is -0.189. The van der Waals surface area contributed by atoms with Crippen molar-refractivity contribution in [3.05, 3.63) is 41.2 Å². The molecule has 0 atom stereocenters. The van der Waals surface area contributed by atoms with Crippen molar-refractivity contribution in [3.63, 3.8) is 0 Å². The van der Waals surface area contributed by atoms with Crippen molar-refractivity contribution in [1.29, 1.82) is 0 Å². The van der Waals surface area contributed by atoms with E-state index < -0.39 is 0 Å². The van der Waals surface area contributed by atoms with Gasteiger partial charge in [0.05, 0.1) is 0 Å². The van der Waals surface area contributed by atoms with Crippen LogP contribution in [0.3, 0.4) is 0 Å². The van der Waals surface area contributed by atoms with Gasteiger partial charge in [-0.05, 0) is 49.0 Å². The van der Waals surface area contributed by atoms with E-state index in [0.717, 1.165) is 12.2 Å². The summed E-state index contributed by atoms with van der Waals surface area (Å²) in [6, 6.07) is 6.65. The van der Waals surface area contributed by atoms with Gasteiger partial charge in [-0.3, -0.25) is 0 Å². The minimum absolute atomic E-state index is 0. The van der Waals surface area contributed by atoms with E-state index in [9.17, 15) is 4.39 Å². The van der Waals surface area contributed by atoms with E-state index in [4.69, 9.17) is 0 Å². The van der Waals surface area contributed by atoms with Crippen LogP contribution >= 0.6 is 12.4 Å². The highest BCUT2D eigenvalue weighted by atomic mass is 35.5. The summed E-state index contributed by atoms with van der Waals surface area (Å²) in [5.41, 5.74) is 4.10. The Kier molecular flexibility index (Phi) is 4.80. The van der Waals surface area contributed by atoms with Gasteiger partial charge in [0.1, 0.15) is 5.82 Å². The molecule has 0 aliphatic heterocycles. The standard InChI is InChI=1S/C15H20FN.ClH/c1-11-7-8-15(2,3)14(11)10-17-13-6-4-5-12(16)9-13;/h4-6,9,17H,7-8,10H2,1-3H3;1H. The van der Waals surface area contributed by atoms with E-state index in [1.165, 1.54) is 36.1 Å². The van der Waals surface area contributed by atoms with Gasteiger partial charge >= 0.3 is 0 Å². The Balaban J connectivity index is 0.00000162. The van der Waals surface area contributed by atoms with Crippen LogP contribution in [-0.2, 0) is 0 Å². The smallest absolute Gasteiger partial charge is 0.125 e. The van der Waals surface area contributed by atoms with Crippen molar-refractivity contribution < 1.29 is 4.39 Å². The quantitative estimate of drug-likeness (QED) is 0.778. The molecule has 0 saturated carbocycles. The summed E-state index contributed by atoms with van der Waals surface area (Å²) in [6.07, 6.45) is 2.41. The third-order valence-electron chi connectivity index (χ3n) is 3.75. The first kappa shape index (κ1) is 15.0. The van der Waals surface area contributed by atoms with Crippen molar-refractivity contribution in [2.45, 2.75) is 33.6 Å². The number of allylic oxidation sites excluding steroid dienone is 1. The summed E-state index contributed by atoms with van der Waals surface area (Å²) in [5, 5.41) is 3.32. The number of hydrogen-bond donors (Lipinski definition) is 1. The number of nitrogens with one attached hydrogen (secondary N) is 1. The highest BCUT2D eigenvalue weighted by Crippen LogP contribution is 2.41. The first-order valence-electron chi connectivity index (χ1n) is 6.17. The van der Waals surface area contributed by atoms with Gasteiger partial charge in [0, 0.05) is 12.2 Å². The van der Waals surface area contributed by atoms with Gasteiger partial charge < -0.3 is 5.32 Å². The number of anilines is 1. The molecule has 0 amide bonds. The van der Waals surface area contributed by atoms with Crippen LogP contribution in [0.25, 0.3) is 0 Å². The number of halogens is 2. The molecule has 1 aliphatic carbocycles. The number of rotatable bonds is 3. The Morgan fingerprint density at radius 1 is 1.33 bits per heavy atom. The van der Waals surface area contributed by atoms with Gasteiger partial charge in [-0.15, -0.1) is 12.4 Å². The van der Waals surface area contributed by atoms with Crippen LogP contribution < -0.4 is 5.32 Å². The van der Waals surface area contributed by atoms with Gasteiger partial charge in [0.25, 0.3) is 0 Å². The lowest BCUT2D eigenvalue weighted by Gasteiger charge is -2.23. The van der Waals surface area contributed by atoms with Gasteiger partial charge in [-0.1, -0.05) is 25.5 Å². The number of benzene rings is 1. The zero-order valence-electron chi connectivity index (χ0n) is 11.2. The Hall–Kier alpha value is -1.02. The Labute approximate surface area is 115 Å². The van der Waals surface area contributed by atoms with E-state index in [1.807, 2.05) is 6.07 Å². The van der Waals surface area contributed by atoms with Crippen LogP contribution in [0.2, 0.25) is 0 Å². The second kappa shape index (κ2) is 5.75. The molecule has 0 aromatic heterocycles. The van der Waals surface area contributed by atoms with Crippen molar-refractivity contribution in [2.75, 3.05) is 11.9 Å². The molecule has 0 fully saturated rings.